The van der Waals surface area contributed by atoms with Crippen LogP contribution in [0.15, 0.2) is 76.2 Å². The monoisotopic (exact) mass is 397 g/mol. The fraction of sp³-hybridized carbons (Fsp3) is 0.0476. The highest BCUT2D eigenvalue weighted by Gasteiger charge is 2.40. The number of hydrogen-bond acceptors (Lipinski definition) is 4. The highest BCUT2D eigenvalue weighted by atomic mass is 32.2. The molecule has 0 radical (unpaired) electrons. The van der Waals surface area contributed by atoms with Gasteiger partial charge in [-0.1, -0.05) is 30.3 Å². The van der Waals surface area contributed by atoms with Crippen LogP contribution in [-0.4, -0.2) is 11.8 Å². The Balaban J connectivity index is 1.75. The van der Waals surface area contributed by atoms with E-state index in [0.717, 1.165) is 17.0 Å². The van der Waals surface area contributed by atoms with E-state index in [1.165, 1.54) is 24.1 Å². The van der Waals surface area contributed by atoms with Crippen LogP contribution < -0.4 is 4.90 Å². The first kappa shape index (κ1) is 18.2. The van der Waals surface area contributed by atoms with Crippen molar-refractivity contribution in [1.82, 2.24) is 0 Å². The zero-order valence-electron chi connectivity index (χ0n) is 14.4. The average molecular weight is 397 g/mol. The van der Waals surface area contributed by atoms with Crippen LogP contribution in [-0.2, 0) is 15.3 Å². The van der Waals surface area contributed by atoms with Gasteiger partial charge in [0.15, 0.2) is 11.6 Å². The fourth-order valence-corrected chi connectivity index (χ4v) is 3.91. The van der Waals surface area contributed by atoms with Crippen molar-refractivity contribution in [3.63, 3.8) is 0 Å². The van der Waals surface area contributed by atoms with Crippen LogP contribution in [0.1, 0.15) is 11.3 Å². The molecule has 4 rings (SSSR count). The number of halogens is 2. The lowest BCUT2D eigenvalue weighted by Crippen LogP contribution is -2.31. The third-order valence-corrected chi connectivity index (χ3v) is 5.30. The SMILES string of the molecule is O=C1C(SCc2ccco2)=C(c2ccccc2)C(=O)N1c1ccc(F)c(F)c1. The van der Waals surface area contributed by atoms with E-state index in [-0.39, 0.29) is 16.2 Å². The maximum absolute atomic E-state index is 13.7. The van der Waals surface area contributed by atoms with Gasteiger partial charge in [0.05, 0.1) is 28.2 Å². The molecule has 0 spiro atoms. The van der Waals surface area contributed by atoms with Crippen LogP contribution in [0.4, 0.5) is 14.5 Å². The van der Waals surface area contributed by atoms with E-state index in [1.807, 2.05) is 0 Å². The molecule has 1 aliphatic heterocycles. The Kier molecular flexibility index (Phi) is 4.83. The number of benzene rings is 2. The number of carbonyl (C=O) groups is 2. The van der Waals surface area contributed by atoms with Crippen LogP contribution in [0.25, 0.3) is 5.57 Å². The molecular formula is C21H13F2NO3S. The molecule has 0 atom stereocenters. The molecule has 0 N–H and O–H groups in total. The van der Waals surface area contributed by atoms with E-state index in [0.29, 0.717) is 17.1 Å². The molecule has 0 fully saturated rings. The summed E-state index contributed by atoms with van der Waals surface area (Å²) in [4.78, 5) is 27.2. The molecule has 2 aromatic carbocycles. The molecule has 140 valence electrons. The lowest BCUT2D eigenvalue weighted by atomic mass is 10.1. The highest BCUT2D eigenvalue weighted by Crippen LogP contribution is 2.39. The summed E-state index contributed by atoms with van der Waals surface area (Å²) in [5.41, 5.74) is 0.788. The van der Waals surface area contributed by atoms with Gasteiger partial charge in [-0.3, -0.25) is 9.59 Å². The maximum atomic E-state index is 13.7. The van der Waals surface area contributed by atoms with Gasteiger partial charge in [-0.05, 0) is 29.8 Å². The summed E-state index contributed by atoms with van der Waals surface area (Å²) in [5, 5.41) is 0. The Labute approximate surface area is 163 Å². The van der Waals surface area contributed by atoms with Crippen molar-refractivity contribution in [2.75, 3.05) is 4.90 Å². The lowest BCUT2D eigenvalue weighted by molar-refractivity contribution is -0.119. The number of carbonyl (C=O) groups excluding carboxylic acids is 2. The summed E-state index contributed by atoms with van der Waals surface area (Å²) < 4.78 is 32.3. The van der Waals surface area contributed by atoms with Gasteiger partial charge in [-0.25, -0.2) is 13.7 Å². The first-order valence-corrected chi connectivity index (χ1v) is 9.33. The molecule has 0 aliphatic carbocycles. The van der Waals surface area contributed by atoms with Gasteiger partial charge >= 0.3 is 0 Å². The quantitative estimate of drug-likeness (QED) is 0.582. The summed E-state index contributed by atoms with van der Waals surface area (Å²) in [6.07, 6.45) is 1.53. The van der Waals surface area contributed by atoms with Crippen LogP contribution in [0, 0.1) is 11.6 Å². The van der Waals surface area contributed by atoms with Gasteiger partial charge in [0.1, 0.15) is 5.76 Å². The fourth-order valence-electron chi connectivity index (χ4n) is 2.90. The molecule has 2 heterocycles. The minimum atomic E-state index is -1.13. The second kappa shape index (κ2) is 7.44. The Hall–Kier alpha value is -3.19. The Morgan fingerprint density at radius 3 is 2.36 bits per heavy atom. The number of furan rings is 1. The number of amides is 2. The van der Waals surface area contributed by atoms with Crippen molar-refractivity contribution in [3.8, 4) is 0 Å². The maximum Gasteiger partial charge on any atom is 0.272 e. The normalized spacial score (nSPS) is 14.3. The zero-order valence-corrected chi connectivity index (χ0v) is 15.2. The van der Waals surface area contributed by atoms with Crippen LogP contribution in [0.2, 0.25) is 0 Å². The molecule has 3 aromatic rings. The van der Waals surface area contributed by atoms with Crippen molar-refractivity contribution in [3.05, 3.63) is 94.8 Å². The van der Waals surface area contributed by atoms with E-state index in [2.05, 4.69) is 0 Å². The summed E-state index contributed by atoms with van der Waals surface area (Å²) >= 11 is 1.17. The number of thioether (sulfide) groups is 1. The van der Waals surface area contributed by atoms with Gasteiger partial charge in [0, 0.05) is 6.07 Å². The topological polar surface area (TPSA) is 50.5 Å². The third kappa shape index (κ3) is 3.25. The Morgan fingerprint density at radius 2 is 1.68 bits per heavy atom. The summed E-state index contributed by atoms with van der Waals surface area (Å²) in [6.45, 7) is 0. The summed E-state index contributed by atoms with van der Waals surface area (Å²) in [6, 6.07) is 15.2. The average Bonchev–Trinajstić information content (AvgIpc) is 3.29. The Bertz CT molecular complexity index is 1080. The smallest absolute Gasteiger partial charge is 0.272 e. The molecule has 4 nitrogen and oxygen atoms in total. The molecule has 0 unspecified atom stereocenters. The summed E-state index contributed by atoms with van der Waals surface area (Å²) in [7, 11) is 0. The molecule has 1 aromatic heterocycles. The number of rotatable bonds is 5. The van der Waals surface area contributed by atoms with Gasteiger partial charge in [-0.15, -0.1) is 11.8 Å². The second-order valence-electron chi connectivity index (χ2n) is 5.98. The van der Waals surface area contributed by atoms with Gasteiger partial charge < -0.3 is 4.42 Å². The predicted molar refractivity (Wildman–Crippen MR) is 102 cm³/mol. The Morgan fingerprint density at radius 1 is 0.893 bits per heavy atom. The molecule has 0 saturated heterocycles. The van der Waals surface area contributed by atoms with E-state index in [4.69, 9.17) is 4.42 Å². The molecule has 28 heavy (non-hydrogen) atoms. The first-order chi connectivity index (χ1) is 13.6. The molecule has 0 bridgehead atoms. The van der Waals surface area contributed by atoms with E-state index in [9.17, 15) is 18.4 Å². The summed E-state index contributed by atoms with van der Waals surface area (Å²) in [5.74, 6) is -2.34. The minimum absolute atomic E-state index is 0.0177. The van der Waals surface area contributed by atoms with E-state index in [1.54, 1.807) is 42.5 Å². The molecule has 0 saturated carbocycles. The highest BCUT2D eigenvalue weighted by molar-refractivity contribution is 8.03. The molecule has 7 heteroatoms. The molecular weight excluding hydrogens is 384 g/mol. The van der Waals surface area contributed by atoms with Crippen molar-refractivity contribution in [2.45, 2.75) is 5.75 Å². The van der Waals surface area contributed by atoms with E-state index >= 15 is 0 Å². The van der Waals surface area contributed by atoms with Gasteiger partial charge in [-0.2, -0.15) is 0 Å². The van der Waals surface area contributed by atoms with Gasteiger partial charge in [0.25, 0.3) is 11.8 Å². The van der Waals surface area contributed by atoms with Crippen molar-refractivity contribution in [1.29, 1.82) is 0 Å². The third-order valence-electron chi connectivity index (χ3n) is 4.20. The van der Waals surface area contributed by atoms with Crippen molar-refractivity contribution in [2.24, 2.45) is 0 Å². The minimum Gasteiger partial charge on any atom is -0.468 e. The van der Waals surface area contributed by atoms with Crippen LogP contribution >= 0.6 is 11.8 Å². The number of anilines is 1. The van der Waals surface area contributed by atoms with Crippen molar-refractivity contribution < 1.29 is 22.8 Å². The zero-order chi connectivity index (χ0) is 19.7. The van der Waals surface area contributed by atoms with Gasteiger partial charge in [0.2, 0.25) is 0 Å². The number of hydrogen-bond donors (Lipinski definition) is 0. The number of imide groups is 1. The van der Waals surface area contributed by atoms with E-state index < -0.39 is 23.4 Å². The predicted octanol–water partition coefficient (Wildman–Crippen LogP) is 4.78. The van der Waals surface area contributed by atoms with Crippen LogP contribution in [0.5, 0.6) is 0 Å². The van der Waals surface area contributed by atoms with Crippen molar-refractivity contribution >= 4 is 34.8 Å². The largest absolute Gasteiger partial charge is 0.468 e. The standard InChI is InChI=1S/C21H13F2NO3S/c22-16-9-8-14(11-17(16)23)24-20(25)18(13-5-2-1-3-6-13)19(21(24)26)28-12-15-7-4-10-27-15/h1-11H,12H2. The number of nitrogens with zero attached hydrogens (tertiary/aromatic N) is 1. The van der Waals surface area contributed by atoms with Crippen LogP contribution in [0.3, 0.4) is 0 Å². The lowest BCUT2D eigenvalue weighted by Gasteiger charge is -2.15. The second-order valence-corrected chi connectivity index (χ2v) is 6.97. The molecule has 1 aliphatic rings. The molecule has 2 amide bonds. The first-order valence-electron chi connectivity index (χ1n) is 8.35.